The zero-order valence-electron chi connectivity index (χ0n) is 12.6. The summed E-state index contributed by atoms with van der Waals surface area (Å²) in [6, 6.07) is 3.90. The summed E-state index contributed by atoms with van der Waals surface area (Å²) in [6.45, 7) is 3.78. The van der Waals surface area contributed by atoms with E-state index < -0.39 is 11.5 Å². The molecule has 1 atom stereocenters. The van der Waals surface area contributed by atoms with Gasteiger partial charge in [-0.1, -0.05) is 13.3 Å². The molecule has 0 saturated heterocycles. The summed E-state index contributed by atoms with van der Waals surface area (Å²) >= 11 is 0. The summed E-state index contributed by atoms with van der Waals surface area (Å²) in [5, 5.41) is 29.2. The van der Waals surface area contributed by atoms with Crippen LogP contribution in [0.15, 0.2) is 0 Å². The minimum Gasteiger partial charge on any atom is -0.480 e. The first kappa shape index (κ1) is 18.9. The first-order valence-electron chi connectivity index (χ1n) is 6.91. The van der Waals surface area contributed by atoms with E-state index in [9.17, 15) is 14.7 Å². The van der Waals surface area contributed by atoms with Crippen molar-refractivity contribution in [3.05, 3.63) is 0 Å². The molecule has 0 spiro atoms. The van der Waals surface area contributed by atoms with Gasteiger partial charge in [0, 0.05) is 13.1 Å². The molecule has 0 aromatic carbocycles. The smallest absolute Gasteiger partial charge is 0.323 e. The third kappa shape index (κ3) is 6.73. The molecule has 21 heavy (non-hydrogen) atoms. The van der Waals surface area contributed by atoms with Gasteiger partial charge in [0.2, 0.25) is 5.91 Å². The van der Waals surface area contributed by atoms with E-state index in [4.69, 9.17) is 10.5 Å². The summed E-state index contributed by atoms with van der Waals surface area (Å²) < 4.78 is 0. The maximum absolute atomic E-state index is 12.1. The number of nitriles is 2. The van der Waals surface area contributed by atoms with Crippen LogP contribution in [0.4, 0.5) is 0 Å². The van der Waals surface area contributed by atoms with Crippen molar-refractivity contribution in [3.8, 4) is 12.1 Å². The molecular weight excluding hydrogens is 272 g/mol. The van der Waals surface area contributed by atoms with Crippen molar-refractivity contribution in [2.24, 2.45) is 0 Å². The van der Waals surface area contributed by atoms with E-state index >= 15 is 0 Å². The Bertz CT molecular complexity index is 420. The van der Waals surface area contributed by atoms with Gasteiger partial charge in [0.05, 0.1) is 31.5 Å². The number of nitrogens with zero attached hydrogens (tertiary/aromatic N) is 3. The molecule has 0 aliphatic heterocycles. The maximum atomic E-state index is 12.1. The molecule has 0 bridgehead atoms. The van der Waals surface area contributed by atoms with Crippen molar-refractivity contribution in [2.75, 3.05) is 19.6 Å². The van der Waals surface area contributed by atoms with Crippen molar-refractivity contribution in [2.45, 2.75) is 45.1 Å². The van der Waals surface area contributed by atoms with Crippen LogP contribution < -0.4 is 5.32 Å². The first-order chi connectivity index (χ1) is 9.91. The van der Waals surface area contributed by atoms with Gasteiger partial charge < -0.3 is 10.0 Å². The van der Waals surface area contributed by atoms with Gasteiger partial charge >= 0.3 is 5.97 Å². The van der Waals surface area contributed by atoms with E-state index in [2.05, 4.69) is 5.32 Å². The SMILES string of the molecule is CCCC(C)(NCC(=O)N(CCC#N)CCC#N)C(=O)O. The molecule has 0 heterocycles. The Labute approximate surface area is 125 Å². The van der Waals surface area contributed by atoms with E-state index in [1.165, 1.54) is 4.90 Å². The predicted octanol–water partition coefficient (Wildman–Crippen LogP) is 0.875. The van der Waals surface area contributed by atoms with E-state index in [0.717, 1.165) is 0 Å². The Hall–Kier alpha value is -2.12. The standard InChI is InChI=1S/C14H22N4O3/c1-3-6-14(2,13(20)21)17-11-12(19)18(9-4-7-15)10-5-8-16/h17H,3-6,9-11H2,1-2H3,(H,20,21). The second-order valence-electron chi connectivity index (χ2n) is 4.94. The van der Waals surface area contributed by atoms with E-state index in [-0.39, 0.29) is 38.4 Å². The van der Waals surface area contributed by atoms with Crippen molar-refractivity contribution in [1.29, 1.82) is 10.5 Å². The number of carboxylic acids is 1. The molecule has 1 unspecified atom stereocenters. The van der Waals surface area contributed by atoms with E-state index in [1.807, 2.05) is 19.1 Å². The van der Waals surface area contributed by atoms with Crippen LogP contribution in [-0.4, -0.2) is 47.1 Å². The van der Waals surface area contributed by atoms with Crippen molar-refractivity contribution < 1.29 is 14.7 Å². The maximum Gasteiger partial charge on any atom is 0.323 e. The number of carbonyl (C=O) groups excluding carboxylic acids is 1. The molecule has 116 valence electrons. The van der Waals surface area contributed by atoms with Crippen LogP contribution in [0.25, 0.3) is 0 Å². The topological polar surface area (TPSA) is 117 Å². The Morgan fingerprint density at radius 3 is 2.14 bits per heavy atom. The fourth-order valence-corrected chi connectivity index (χ4v) is 1.88. The first-order valence-corrected chi connectivity index (χ1v) is 6.91. The molecule has 0 radical (unpaired) electrons. The monoisotopic (exact) mass is 294 g/mol. The number of hydrogen-bond donors (Lipinski definition) is 2. The number of carbonyl (C=O) groups is 2. The van der Waals surface area contributed by atoms with Crippen LogP contribution >= 0.6 is 0 Å². The number of rotatable bonds is 10. The molecular formula is C14H22N4O3. The van der Waals surface area contributed by atoms with E-state index in [0.29, 0.717) is 12.8 Å². The number of nitrogens with one attached hydrogen (secondary N) is 1. The molecule has 7 nitrogen and oxygen atoms in total. The van der Waals surface area contributed by atoms with Crippen LogP contribution in [0, 0.1) is 22.7 Å². The molecule has 0 rings (SSSR count). The third-order valence-corrected chi connectivity index (χ3v) is 3.19. The molecule has 7 heteroatoms. The highest BCUT2D eigenvalue weighted by molar-refractivity contribution is 5.82. The summed E-state index contributed by atoms with van der Waals surface area (Å²) in [5.74, 6) is -1.30. The van der Waals surface area contributed by atoms with Gasteiger partial charge in [-0.15, -0.1) is 0 Å². The lowest BCUT2D eigenvalue weighted by molar-refractivity contribution is -0.144. The van der Waals surface area contributed by atoms with Crippen LogP contribution in [0.1, 0.15) is 39.5 Å². The summed E-state index contributed by atoms with van der Waals surface area (Å²) in [6.07, 6.45) is 1.45. The van der Waals surface area contributed by atoms with Gasteiger partial charge in [-0.3, -0.25) is 14.9 Å². The summed E-state index contributed by atoms with van der Waals surface area (Å²) in [5.41, 5.74) is -1.15. The highest BCUT2D eigenvalue weighted by Gasteiger charge is 2.32. The Morgan fingerprint density at radius 1 is 1.24 bits per heavy atom. The van der Waals surface area contributed by atoms with Crippen molar-refractivity contribution in [3.63, 3.8) is 0 Å². The molecule has 0 aliphatic carbocycles. The van der Waals surface area contributed by atoms with Crippen molar-refractivity contribution in [1.82, 2.24) is 10.2 Å². The summed E-state index contributed by atoms with van der Waals surface area (Å²) in [7, 11) is 0. The van der Waals surface area contributed by atoms with Gasteiger partial charge in [-0.25, -0.2) is 0 Å². The van der Waals surface area contributed by atoms with Crippen LogP contribution in [-0.2, 0) is 9.59 Å². The minimum absolute atomic E-state index is 0.125. The largest absolute Gasteiger partial charge is 0.480 e. The fraction of sp³-hybridized carbons (Fsp3) is 0.714. The van der Waals surface area contributed by atoms with Crippen LogP contribution in [0.3, 0.4) is 0 Å². The van der Waals surface area contributed by atoms with Crippen molar-refractivity contribution >= 4 is 11.9 Å². The Kier molecular flexibility index (Phi) is 8.75. The third-order valence-electron chi connectivity index (χ3n) is 3.19. The van der Waals surface area contributed by atoms with Gasteiger partial charge in [-0.2, -0.15) is 10.5 Å². The average Bonchev–Trinajstić information content (AvgIpc) is 2.45. The predicted molar refractivity (Wildman–Crippen MR) is 76.0 cm³/mol. The second kappa shape index (κ2) is 9.73. The fourth-order valence-electron chi connectivity index (χ4n) is 1.88. The zero-order chi connectivity index (χ0) is 16.3. The molecule has 0 aliphatic rings. The molecule has 0 saturated carbocycles. The van der Waals surface area contributed by atoms with E-state index in [1.54, 1.807) is 6.92 Å². The lowest BCUT2D eigenvalue weighted by atomic mass is 9.96. The molecule has 1 amide bonds. The highest BCUT2D eigenvalue weighted by Crippen LogP contribution is 2.12. The molecule has 2 N–H and O–H groups in total. The normalized spacial score (nSPS) is 12.8. The molecule has 0 aromatic heterocycles. The van der Waals surface area contributed by atoms with Gasteiger partial charge in [-0.05, 0) is 13.3 Å². The molecule has 0 aromatic rings. The highest BCUT2D eigenvalue weighted by atomic mass is 16.4. The second-order valence-corrected chi connectivity index (χ2v) is 4.94. The average molecular weight is 294 g/mol. The Balaban J connectivity index is 4.63. The number of amides is 1. The van der Waals surface area contributed by atoms with Gasteiger partial charge in [0.25, 0.3) is 0 Å². The Morgan fingerprint density at radius 2 is 1.76 bits per heavy atom. The van der Waals surface area contributed by atoms with Gasteiger partial charge in [0.1, 0.15) is 5.54 Å². The minimum atomic E-state index is -1.15. The number of hydrogen-bond acceptors (Lipinski definition) is 5. The lowest BCUT2D eigenvalue weighted by Gasteiger charge is -2.28. The quantitative estimate of drug-likeness (QED) is 0.617. The number of aliphatic carboxylic acids is 1. The number of carboxylic acid groups (broad SMARTS) is 1. The van der Waals surface area contributed by atoms with Crippen LogP contribution in [0.5, 0.6) is 0 Å². The van der Waals surface area contributed by atoms with Crippen LogP contribution in [0.2, 0.25) is 0 Å². The van der Waals surface area contributed by atoms with Gasteiger partial charge in [0.15, 0.2) is 0 Å². The summed E-state index contributed by atoms with van der Waals surface area (Å²) in [4.78, 5) is 24.8. The lowest BCUT2D eigenvalue weighted by Crippen LogP contribution is -2.53. The molecule has 0 fully saturated rings. The zero-order valence-corrected chi connectivity index (χ0v) is 12.6.